The van der Waals surface area contributed by atoms with E-state index in [9.17, 15) is 0 Å². The van der Waals surface area contributed by atoms with Crippen molar-refractivity contribution >= 4 is 0 Å². The number of likely N-dealkylation sites (N-methyl/N-ethyl adjacent to an activating group) is 1. The molecular formula is C12H19N5. The SMILES string of the molecule is CCNC(Cc1nccn1CC)c1ncc[nH]1. The van der Waals surface area contributed by atoms with Crippen molar-refractivity contribution < 1.29 is 0 Å². The molecule has 2 N–H and O–H groups in total. The predicted molar refractivity (Wildman–Crippen MR) is 66.6 cm³/mol. The fourth-order valence-corrected chi connectivity index (χ4v) is 1.98. The standard InChI is InChI=1S/C12H19N5/c1-3-13-10(12-15-5-6-16-12)9-11-14-7-8-17(11)4-2/h5-8,10,13H,3-4,9H2,1-2H3,(H,15,16). The van der Waals surface area contributed by atoms with Crippen LogP contribution in [0.5, 0.6) is 0 Å². The Kier molecular flexibility index (Phi) is 3.93. The highest BCUT2D eigenvalue weighted by Crippen LogP contribution is 2.13. The Labute approximate surface area is 101 Å². The van der Waals surface area contributed by atoms with E-state index in [0.717, 1.165) is 31.2 Å². The zero-order chi connectivity index (χ0) is 12.1. The number of aromatic amines is 1. The summed E-state index contributed by atoms with van der Waals surface area (Å²) < 4.78 is 2.16. The van der Waals surface area contributed by atoms with Gasteiger partial charge in [0.2, 0.25) is 0 Å². The largest absolute Gasteiger partial charge is 0.347 e. The number of H-pyrrole nitrogens is 1. The summed E-state index contributed by atoms with van der Waals surface area (Å²) in [6, 6.07) is 0.197. The van der Waals surface area contributed by atoms with Crippen LogP contribution in [0.1, 0.15) is 31.5 Å². The van der Waals surface area contributed by atoms with Gasteiger partial charge in [0.15, 0.2) is 0 Å². The highest BCUT2D eigenvalue weighted by molar-refractivity contribution is 5.03. The summed E-state index contributed by atoms with van der Waals surface area (Å²) >= 11 is 0. The topological polar surface area (TPSA) is 58.5 Å². The number of rotatable bonds is 6. The number of hydrogen-bond acceptors (Lipinski definition) is 3. The third kappa shape index (κ3) is 2.74. The Balaban J connectivity index is 2.13. The van der Waals surface area contributed by atoms with E-state index in [1.54, 1.807) is 6.20 Å². The van der Waals surface area contributed by atoms with E-state index >= 15 is 0 Å². The molecule has 2 heterocycles. The molecule has 0 saturated carbocycles. The summed E-state index contributed by atoms with van der Waals surface area (Å²) in [7, 11) is 0. The Morgan fingerprint density at radius 3 is 2.88 bits per heavy atom. The van der Waals surface area contributed by atoms with Crippen LogP contribution in [0.2, 0.25) is 0 Å². The van der Waals surface area contributed by atoms with Crippen LogP contribution in [0, 0.1) is 0 Å². The fraction of sp³-hybridized carbons (Fsp3) is 0.500. The Hall–Kier alpha value is -1.62. The van der Waals surface area contributed by atoms with Crippen LogP contribution in [-0.4, -0.2) is 26.1 Å². The molecular weight excluding hydrogens is 214 g/mol. The lowest BCUT2D eigenvalue weighted by atomic mass is 10.2. The lowest BCUT2D eigenvalue weighted by Gasteiger charge is -2.15. The molecule has 0 aliphatic heterocycles. The van der Waals surface area contributed by atoms with Gasteiger partial charge in [-0.3, -0.25) is 0 Å². The maximum Gasteiger partial charge on any atom is 0.123 e. The average molecular weight is 233 g/mol. The van der Waals surface area contributed by atoms with Gasteiger partial charge in [0.25, 0.3) is 0 Å². The van der Waals surface area contributed by atoms with Crippen molar-refractivity contribution in [3.63, 3.8) is 0 Å². The Morgan fingerprint density at radius 1 is 1.35 bits per heavy atom. The zero-order valence-electron chi connectivity index (χ0n) is 10.3. The van der Waals surface area contributed by atoms with Crippen LogP contribution in [0.4, 0.5) is 0 Å². The quantitative estimate of drug-likeness (QED) is 0.795. The highest BCUT2D eigenvalue weighted by atomic mass is 15.1. The maximum absolute atomic E-state index is 4.40. The van der Waals surface area contributed by atoms with Gasteiger partial charge < -0.3 is 14.9 Å². The van der Waals surface area contributed by atoms with Crippen molar-refractivity contribution in [3.05, 3.63) is 36.4 Å². The minimum absolute atomic E-state index is 0.197. The third-order valence-electron chi connectivity index (χ3n) is 2.83. The smallest absolute Gasteiger partial charge is 0.123 e. The lowest BCUT2D eigenvalue weighted by molar-refractivity contribution is 0.502. The number of aryl methyl sites for hydroxylation is 1. The Morgan fingerprint density at radius 2 is 2.24 bits per heavy atom. The summed E-state index contributed by atoms with van der Waals surface area (Å²) in [5, 5.41) is 3.43. The molecule has 0 aliphatic rings. The number of nitrogens with one attached hydrogen (secondary N) is 2. The predicted octanol–water partition coefficient (Wildman–Crippen LogP) is 1.52. The molecule has 92 valence electrons. The van der Waals surface area contributed by atoms with Crippen molar-refractivity contribution in [3.8, 4) is 0 Å². The molecule has 2 aromatic rings. The highest BCUT2D eigenvalue weighted by Gasteiger charge is 2.15. The van der Waals surface area contributed by atoms with Crippen LogP contribution >= 0.6 is 0 Å². The average Bonchev–Trinajstić information content (AvgIpc) is 2.99. The number of imidazole rings is 2. The zero-order valence-corrected chi connectivity index (χ0v) is 10.3. The van der Waals surface area contributed by atoms with Crippen LogP contribution in [0.15, 0.2) is 24.8 Å². The van der Waals surface area contributed by atoms with Crippen LogP contribution in [-0.2, 0) is 13.0 Å². The van der Waals surface area contributed by atoms with E-state index in [1.165, 1.54) is 0 Å². The molecule has 5 nitrogen and oxygen atoms in total. The molecule has 0 amide bonds. The second-order valence-corrected chi connectivity index (χ2v) is 3.92. The molecule has 0 spiro atoms. The van der Waals surface area contributed by atoms with Crippen LogP contribution in [0.3, 0.4) is 0 Å². The van der Waals surface area contributed by atoms with Gasteiger partial charge in [-0.1, -0.05) is 6.92 Å². The van der Waals surface area contributed by atoms with Gasteiger partial charge in [0.05, 0.1) is 6.04 Å². The molecule has 5 heteroatoms. The number of nitrogens with zero attached hydrogens (tertiary/aromatic N) is 3. The van der Waals surface area contributed by atoms with E-state index in [4.69, 9.17) is 0 Å². The van der Waals surface area contributed by atoms with Gasteiger partial charge in [-0.25, -0.2) is 9.97 Å². The number of aromatic nitrogens is 4. The van der Waals surface area contributed by atoms with E-state index in [-0.39, 0.29) is 6.04 Å². The van der Waals surface area contributed by atoms with Gasteiger partial charge in [-0.05, 0) is 13.5 Å². The summed E-state index contributed by atoms with van der Waals surface area (Å²) in [5.74, 6) is 2.06. The first kappa shape index (κ1) is 11.9. The van der Waals surface area contributed by atoms with E-state index in [2.05, 4.69) is 38.7 Å². The second-order valence-electron chi connectivity index (χ2n) is 3.92. The molecule has 1 unspecified atom stereocenters. The first-order valence-corrected chi connectivity index (χ1v) is 6.07. The molecule has 2 rings (SSSR count). The van der Waals surface area contributed by atoms with Crippen molar-refractivity contribution in [2.24, 2.45) is 0 Å². The van der Waals surface area contributed by atoms with E-state index < -0.39 is 0 Å². The summed E-state index contributed by atoms with van der Waals surface area (Å²) in [5.41, 5.74) is 0. The lowest BCUT2D eigenvalue weighted by Crippen LogP contribution is -2.25. The second kappa shape index (κ2) is 5.63. The van der Waals surface area contributed by atoms with E-state index in [1.807, 2.05) is 18.6 Å². The van der Waals surface area contributed by atoms with Gasteiger partial charge in [0, 0.05) is 37.8 Å². The fourth-order valence-electron chi connectivity index (χ4n) is 1.98. The maximum atomic E-state index is 4.40. The summed E-state index contributed by atoms with van der Waals surface area (Å²) in [6.07, 6.45) is 8.35. The molecule has 1 atom stereocenters. The molecule has 0 radical (unpaired) electrons. The number of hydrogen-bond donors (Lipinski definition) is 2. The van der Waals surface area contributed by atoms with Gasteiger partial charge in [-0.15, -0.1) is 0 Å². The van der Waals surface area contributed by atoms with Crippen molar-refractivity contribution in [2.45, 2.75) is 32.9 Å². The Bertz CT molecular complexity index is 431. The minimum atomic E-state index is 0.197. The normalized spacial score (nSPS) is 12.8. The van der Waals surface area contributed by atoms with Crippen molar-refractivity contribution in [2.75, 3.05) is 6.54 Å². The first-order chi connectivity index (χ1) is 8.35. The summed E-state index contributed by atoms with van der Waals surface area (Å²) in [4.78, 5) is 11.9. The molecule has 0 saturated heterocycles. The van der Waals surface area contributed by atoms with Gasteiger partial charge >= 0.3 is 0 Å². The monoisotopic (exact) mass is 233 g/mol. The molecule has 0 fully saturated rings. The molecule has 17 heavy (non-hydrogen) atoms. The van der Waals surface area contributed by atoms with Gasteiger partial charge in [-0.2, -0.15) is 0 Å². The molecule has 0 aromatic carbocycles. The van der Waals surface area contributed by atoms with Crippen molar-refractivity contribution in [1.29, 1.82) is 0 Å². The van der Waals surface area contributed by atoms with Crippen molar-refractivity contribution in [1.82, 2.24) is 24.8 Å². The summed E-state index contributed by atoms with van der Waals surface area (Å²) in [6.45, 7) is 6.09. The third-order valence-corrected chi connectivity index (χ3v) is 2.83. The van der Waals surface area contributed by atoms with Crippen LogP contribution < -0.4 is 5.32 Å². The molecule has 0 aliphatic carbocycles. The van der Waals surface area contributed by atoms with Crippen LogP contribution in [0.25, 0.3) is 0 Å². The molecule has 2 aromatic heterocycles. The van der Waals surface area contributed by atoms with Gasteiger partial charge in [0.1, 0.15) is 11.6 Å². The minimum Gasteiger partial charge on any atom is -0.347 e. The van der Waals surface area contributed by atoms with E-state index in [0.29, 0.717) is 0 Å². The molecule has 0 bridgehead atoms. The first-order valence-electron chi connectivity index (χ1n) is 6.07.